The standard InChI is InChI=1S/C18H26N4O2/c1-6-13-8-19-16-14(17(23)21(5)18(24)20(16)4)15(13)22-9-11(2)7-12(3)10-22/h8,11-12H,6-7,9-10H2,1-5H3. The van der Waals surface area contributed by atoms with Gasteiger partial charge in [0.2, 0.25) is 0 Å². The van der Waals surface area contributed by atoms with E-state index in [4.69, 9.17) is 0 Å². The minimum atomic E-state index is -0.337. The molecule has 130 valence electrons. The highest BCUT2D eigenvalue weighted by atomic mass is 16.2. The van der Waals surface area contributed by atoms with Crippen LogP contribution in [-0.4, -0.2) is 27.2 Å². The molecule has 0 aromatic carbocycles. The van der Waals surface area contributed by atoms with Crippen LogP contribution in [0.2, 0.25) is 0 Å². The third kappa shape index (κ3) is 2.54. The third-order valence-corrected chi connectivity index (χ3v) is 5.08. The molecule has 0 aliphatic carbocycles. The Bertz CT molecular complexity index is 886. The molecule has 0 N–H and O–H groups in total. The van der Waals surface area contributed by atoms with Crippen LogP contribution in [0.4, 0.5) is 5.69 Å². The van der Waals surface area contributed by atoms with Gasteiger partial charge in [0.25, 0.3) is 5.56 Å². The highest BCUT2D eigenvalue weighted by molar-refractivity contribution is 5.90. The molecule has 2 aromatic heterocycles. The molecule has 24 heavy (non-hydrogen) atoms. The highest BCUT2D eigenvalue weighted by Gasteiger charge is 2.27. The second-order valence-electron chi connectivity index (χ2n) is 7.24. The van der Waals surface area contributed by atoms with Gasteiger partial charge in [-0.1, -0.05) is 20.8 Å². The van der Waals surface area contributed by atoms with E-state index in [1.54, 1.807) is 7.05 Å². The summed E-state index contributed by atoms with van der Waals surface area (Å²) in [6, 6.07) is 0. The Labute approximate surface area is 141 Å². The van der Waals surface area contributed by atoms with Crippen LogP contribution < -0.4 is 16.1 Å². The molecular formula is C18H26N4O2. The van der Waals surface area contributed by atoms with Gasteiger partial charge in [-0.2, -0.15) is 0 Å². The van der Waals surface area contributed by atoms with Crippen molar-refractivity contribution in [1.29, 1.82) is 0 Å². The van der Waals surface area contributed by atoms with Gasteiger partial charge in [0, 0.05) is 33.4 Å². The van der Waals surface area contributed by atoms with Gasteiger partial charge in [0.15, 0.2) is 5.65 Å². The van der Waals surface area contributed by atoms with E-state index in [-0.39, 0.29) is 11.2 Å². The van der Waals surface area contributed by atoms with Crippen molar-refractivity contribution >= 4 is 16.7 Å². The predicted octanol–water partition coefficient (Wildman–Crippen LogP) is 1.68. The maximum atomic E-state index is 12.9. The van der Waals surface area contributed by atoms with Gasteiger partial charge < -0.3 is 4.90 Å². The van der Waals surface area contributed by atoms with E-state index >= 15 is 0 Å². The Kier molecular flexibility index (Phi) is 4.24. The van der Waals surface area contributed by atoms with Crippen LogP contribution in [0.25, 0.3) is 11.0 Å². The molecule has 2 atom stereocenters. The van der Waals surface area contributed by atoms with Gasteiger partial charge in [-0.15, -0.1) is 0 Å². The summed E-state index contributed by atoms with van der Waals surface area (Å²) in [6.07, 6.45) is 3.83. The highest BCUT2D eigenvalue weighted by Crippen LogP contribution is 2.32. The average Bonchev–Trinajstić information content (AvgIpc) is 2.55. The molecule has 0 radical (unpaired) electrons. The van der Waals surface area contributed by atoms with Crippen LogP contribution in [0.5, 0.6) is 0 Å². The van der Waals surface area contributed by atoms with Gasteiger partial charge in [-0.05, 0) is 30.2 Å². The maximum Gasteiger partial charge on any atom is 0.332 e. The SMILES string of the molecule is CCc1cnc2c(c1N1CC(C)CC(C)C1)c(=O)n(C)c(=O)n2C. The number of nitrogens with zero attached hydrogens (tertiary/aromatic N) is 4. The van der Waals surface area contributed by atoms with E-state index in [2.05, 4.69) is 30.7 Å². The Hall–Kier alpha value is -2.11. The van der Waals surface area contributed by atoms with E-state index in [0.29, 0.717) is 22.9 Å². The van der Waals surface area contributed by atoms with Crippen LogP contribution >= 0.6 is 0 Å². The lowest BCUT2D eigenvalue weighted by Crippen LogP contribution is -2.42. The minimum absolute atomic E-state index is 0.253. The van der Waals surface area contributed by atoms with Crippen molar-refractivity contribution in [2.45, 2.75) is 33.6 Å². The summed E-state index contributed by atoms with van der Waals surface area (Å²) >= 11 is 0. The first kappa shape index (κ1) is 16.7. The van der Waals surface area contributed by atoms with Crippen molar-refractivity contribution in [1.82, 2.24) is 14.1 Å². The largest absolute Gasteiger partial charge is 0.370 e. The number of hydrogen-bond acceptors (Lipinski definition) is 4. The molecule has 1 fully saturated rings. The molecule has 6 heteroatoms. The number of aromatic nitrogens is 3. The van der Waals surface area contributed by atoms with Crippen LogP contribution in [0.15, 0.2) is 15.8 Å². The van der Waals surface area contributed by atoms with E-state index in [1.807, 2.05) is 6.20 Å². The molecule has 6 nitrogen and oxygen atoms in total. The molecule has 0 saturated carbocycles. The molecule has 1 aliphatic heterocycles. The Morgan fingerprint density at radius 3 is 2.33 bits per heavy atom. The number of hydrogen-bond donors (Lipinski definition) is 0. The maximum absolute atomic E-state index is 12.9. The van der Waals surface area contributed by atoms with Crippen molar-refractivity contribution in [2.24, 2.45) is 25.9 Å². The van der Waals surface area contributed by atoms with Crippen LogP contribution in [0.1, 0.15) is 32.8 Å². The number of rotatable bonds is 2. The second kappa shape index (κ2) is 6.07. The van der Waals surface area contributed by atoms with E-state index in [9.17, 15) is 9.59 Å². The summed E-state index contributed by atoms with van der Waals surface area (Å²) in [5.74, 6) is 1.16. The normalized spacial score (nSPS) is 21.5. The Morgan fingerprint density at radius 2 is 1.75 bits per heavy atom. The molecule has 3 rings (SSSR count). The lowest BCUT2D eigenvalue weighted by molar-refractivity contribution is 0.357. The topological polar surface area (TPSA) is 60.1 Å². The molecule has 2 unspecified atom stereocenters. The predicted molar refractivity (Wildman–Crippen MR) is 96.8 cm³/mol. The summed E-state index contributed by atoms with van der Waals surface area (Å²) in [5.41, 5.74) is 1.92. The summed E-state index contributed by atoms with van der Waals surface area (Å²) < 4.78 is 2.65. The van der Waals surface area contributed by atoms with Gasteiger partial charge in [0.1, 0.15) is 5.39 Å². The fourth-order valence-electron chi connectivity index (χ4n) is 4.02. The van der Waals surface area contributed by atoms with Gasteiger partial charge in [0.05, 0.1) is 5.69 Å². The number of fused-ring (bicyclic) bond motifs is 1. The zero-order valence-corrected chi connectivity index (χ0v) is 15.2. The average molecular weight is 330 g/mol. The third-order valence-electron chi connectivity index (χ3n) is 5.08. The number of piperidine rings is 1. The molecule has 0 bridgehead atoms. The lowest BCUT2D eigenvalue weighted by atomic mass is 9.91. The van der Waals surface area contributed by atoms with E-state index < -0.39 is 0 Å². The Balaban J connectivity index is 2.37. The van der Waals surface area contributed by atoms with Crippen LogP contribution in [0.3, 0.4) is 0 Å². The molecule has 1 saturated heterocycles. The molecule has 2 aromatic rings. The van der Waals surface area contributed by atoms with Crippen molar-refractivity contribution in [3.63, 3.8) is 0 Å². The zero-order chi connectivity index (χ0) is 17.6. The first-order valence-electron chi connectivity index (χ1n) is 8.67. The van der Waals surface area contributed by atoms with Gasteiger partial charge in [-0.3, -0.25) is 13.9 Å². The number of pyridine rings is 1. The van der Waals surface area contributed by atoms with E-state index in [0.717, 1.165) is 30.8 Å². The number of anilines is 1. The first-order valence-corrected chi connectivity index (χ1v) is 8.67. The molecule has 0 spiro atoms. The van der Waals surface area contributed by atoms with Crippen molar-refractivity contribution in [3.8, 4) is 0 Å². The first-order chi connectivity index (χ1) is 11.3. The lowest BCUT2D eigenvalue weighted by Gasteiger charge is -2.38. The summed E-state index contributed by atoms with van der Waals surface area (Å²) in [4.78, 5) is 31.9. The quantitative estimate of drug-likeness (QED) is 0.840. The summed E-state index contributed by atoms with van der Waals surface area (Å²) in [7, 11) is 3.21. The molecule has 3 heterocycles. The molecule has 0 amide bonds. The summed E-state index contributed by atoms with van der Waals surface area (Å²) in [5, 5.41) is 0.570. The van der Waals surface area contributed by atoms with Crippen molar-refractivity contribution in [2.75, 3.05) is 18.0 Å². The molecule has 1 aliphatic rings. The van der Waals surface area contributed by atoms with Crippen LogP contribution in [0, 0.1) is 11.8 Å². The van der Waals surface area contributed by atoms with Crippen molar-refractivity contribution in [3.05, 3.63) is 32.6 Å². The number of aryl methyl sites for hydroxylation is 2. The smallest absolute Gasteiger partial charge is 0.332 e. The fraction of sp³-hybridized carbons (Fsp3) is 0.611. The zero-order valence-electron chi connectivity index (χ0n) is 15.2. The van der Waals surface area contributed by atoms with E-state index in [1.165, 1.54) is 22.6 Å². The van der Waals surface area contributed by atoms with Gasteiger partial charge in [-0.25, -0.2) is 9.78 Å². The molecular weight excluding hydrogens is 304 g/mol. The monoisotopic (exact) mass is 330 g/mol. The fourth-order valence-corrected chi connectivity index (χ4v) is 4.02. The van der Waals surface area contributed by atoms with Crippen molar-refractivity contribution < 1.29 is 0 Å². The van der Waals surface area contributed by atoms with Crippen LogP contribution in [-0.2, 0) is 20.5 Å². The van der Waals surface area contributed by atoms with Gasteiger partial charge >= 0.3 is 5.69 Å². The minimum Gasteiger partial charge on any atom is -0.370 e. The Morgan fingerprint density at radius 1 is 1.12 bits per heavy atom. The summed E-state index contributed by atoms with van der Waals surface area (Å²) in [6.45, 7) is 8.46. The second-order valence-corrected chi connectivity index (χ2v) is 7.24.